The van der Waals surface area contributed by atoms with Crippen LogP contribution in [0.5, 0.6) is 0 Å². The van der Waals surface area contributed by atoms with Crippen LogP contribution in [0.25, 0.3) is 0 Å². The highest BCUT2D eigenvalue weighted by Gasteiger charge is 2.42. The molecular formula is C5H11N3O. The van der Waals surface area contributed by atoms with Crippen molar-refractivity contribution in [3.63, 3.8) is 0 Å². The van der Waals surface area contributed by atoms with Gasteiger partial charge in [-0.15, -0.1) is 4.91 Å². The molecule has 0 spiro atoms. The third kappa shape index (κ3) is 1.09. The van der Waals surface area contributed by atoms with Crippen molar-refractivity contribution in [3.05, 3.63) is 4.91 Å². The first-order valence-corrected chi connectivity index (χ1v) is 3.05. The van der Waals surface area contributed by atoms with E-state index >= 15 is 0 Å². The molecule has 1 aliphatic carbocycles. The van der Waals surface area contributed by atoms with Gasteiger partial charge in [-0.2, -0.15) is 0 Å². The van der Waals surface area contributed by atoms with E-state index in [1.54, 1.807) is 6.92 Å². The Hall–Kier alpha value is -0.480. The summed E-state index contributed by atoms with van der Waals surface area (Å²) in [7, 11) is 0. The third-order valence-corrected chi connectivity index (χ3v) is 1.85. The second-order valence-corrected chi connectivity index (χ2v) is 2.66. The number of hydrogen-bond donors (Lipinski definition) is 2. The maximum Gasteiger partial charge on any atom is 0.164 e. The lowest BCUT2D eigenvalue weighted by Gasteiger charge is -2.18. The second-order valence-electron chi connectivity index (χ2n) is 2.66. The summed E-state index contributed by atoms with van der Waals surface area (Å²) in [5, 5.41) is 2.91. The molecular weight excluding hydrogens is 118 g/mol. The molecule has 1 fully saturated rings. The summed E-state index contributed by atoms with van der Waals surface area (Å²) in [6.07, 6.45) is 2.12. The predicted molar refractivity (Wildman–Crippen MR) is 34.2 cm³/mol. The molecule has 1 aliphatic rings. The Morgan fingerprint density at radius 2 is 2.33 bits per heavy atom. The maximum absolute atomic E-state index is 10.1. The zero-order valence-electron chi connectivity index (χ0n) is 5.42. The zero-order chi connectivity index (χ0) is 6.91. The van der Waals surface area contributed by atoms with Gasteiger partial charge in [-0.05, 0) is 24.9 Å². The molecule has 0 aromatic heterocycles. The van der Waals surface area contributed by atoms with Crippen molar-refractivity contribution in [1.29, 1.82) is 0 Å². The molecule has 1 saturated carbocycles. The molecule has 0 saturated heterocycles. The van der Waals surface area contributed by atoms with Gasteiger partial charge in [0.1, 0.15) is 0 Å². The van der Waals surface area contributed by atoms with E-state index in [1.807, 2.05) is 0 Å². The van der Waals surface area contributed by atoms with E-state index in [4.69, 9.17) is 5.84 Å². The van der Waals surface area contributed by atoms with E-state index in [-0.39, 0.29) is 0 Å². The van der Waals surface area contributed by atoms with Crippen molar-refractivity contribution < 1.29 is 0 Å². The quantitative estimate of drug-likeness (QED) is 0.328. The minimum Gasteiger partial charge on any atom is -0.269 e. The van der Waals surface area contributed by atoms with Gasteiger partial charge >= 0.3 is 0 Å². The van der Waals surface area contributed by atoms with Crippen LogP contribution in [0.15, 0.2) is 5.18 Å². The summed E-state index contributed by atoms with van der Waals surface area (Å²) in [4.78, 5) is 10.1. The number of nitroso groups, excluding NO2 is 1. The van der Waals surface area contributed by atoms with Crippen LogP contribution in [0.4, 0.5) is 0 Å². The topological polar surface area (TPSA) is 67.5 Å². The van der Waals surface area contributed by atoms with Crippen molar-refractivity contribution >= 4 is 0 Å². The Morgan fingerprint density at radius 3 is 2.44 bits per heavy atom. The van der Waals surface area contributed by atoms with E-state index in [0.717, 1.165) is 12.8 Å². The van der Waals surface area contributed by atoms with Crippen LogP contribution in [0.2, 0.25) is 0 Å². The van der Waals surface area contributed by atoms with Crippen LogP contribution < -0.4 is 11.3 Å². The lowest BCUT2D eigenvalue weighted by atomic mass is 10.1. The number of hydrazine groups is 1. The molecule has 4 heteroatoms. The molecule has 0 radical (unpaired) electrons. The molecule has 3 N–H and O–H groups in total. The number of nitrogens with one attached hydrogen (secondary N) is 1. The predicted octanol–water partition coefficient (Wildman–Crippen LogP) is 0.342. The standard InChI is InChI=1S/C5H11N3O/c1-5(7-6,8-9)4-2-3-4/h4,7H,2-3,6H2,1H3. The Balaban J connectivity index is 2.53. The fraction of sp³-hybridized carbons (Fsp3) is 1.00. The highest BCUT2D eigenvalue weighted by atomic mass is 16.3. The Kier molecular flexibility index (Phi) is 1.50. The van der Waals surface area contributed by atoms with Crippen molar-refractivity contribution in [3.8, 4) is 0 Å². The summed E-state index contributed by atoms with van der Waals surface area (Å²) < 4.78 is 0. The summed E-state index contributed by atoms with van der Waals surface area (Å²) in [6, 6.07) is 0. The average Bonchev–Trinajstić information content (AvgIpc) is 2.68. The van der Waals surface area contributed by atoms with E-state index in [9.17, 15) is 4.91 Å². The molecule has 0 heterocycles. The molecule has 1 atom stereocenters. The van der Waals surface area contributed by atoms with Gasteiger partial charge in [0.15, 0.2) is 5.66 Å². The highest BCUT2D eigenvalue weighted by molar-refractivity contribution is 4.93. The number of hydrogen-bond acceptors (Lipinski definition) is 4. The number of nitrogens with two attached hydrogens (primary N) is 1. The summed E-state index contributed by atoms with van der Waals surface area (Å²) in [5.74, 6) is 5.48. The van der Waals surface area contributed by atoms with E-state index in [0.29, 0.717) is 5.92 Å². The van der Waals surface area contributed by atoms with E-state index in [1.165, 1.54) is 0 Å². The van der Waals surface area contributed by atoms with E-state index < -0.39 is 5.66 Å². The van der Waals surface area contributed by atoms with Gasteiger partial charge in [-0.25, -0.2) is 5.43 Å². The fourth-order valence-corrected chi connectivity index (χ4v) is 0.864. The van der Waals surface area contributed by atoms with Gasteiger partial charge in [0.2, 0.25) is 0 Å². The molecule has 9 heavy (non-hydrogen) atoms. The molecule has 4 nitrogen and oxygen atoms in total. The second kappa shape index (κ2) is 2.04. The van der Waals surface area contributed by atoms with Gasteiger partial charge in [0.25, 0.3) is 0 Å². The van der Waals surface area contributed by atoms with Crippen LogP contribution in [0, 0.1) is 10.8 Å². The largest absolute Gasteiger partial charge is 0.269 e. The minimum atomic E-state index is -0.708. The van der Waals surface area contributed by atoms with Gasteiger partial charge < -0.3 is 0 Å². The first-order valence-electron chi connectivity index (χ1n) is 3.05. The molecule has 52 valence electrons. The van der Waals surface area contributed by atoms with Crippen LogP contribution in [0.1, 0.15) is 19.8 Å². The van der Waals surface area contributed by atoms with Gasteiger partial charge in [0, 0.05) is 5.92 Å². The highest BCUT2D eigenvalue weighted by Crippen LogP contribution is 2.39. The maximum atomic E-state index is 10.1. The lowest BCUT2D eigenvalue weighted by Crippen LogP contribution is -2.46. The normalized spacial score (nSPS) is 25.1. The lowest BCUT2D eigenvalue weighted by molar-refractivity contribution is 0.328. The molecule has 1 unspecified atom stereocenters. The van der Waals surface area contributed by atoms with Gasteiger partial charge in [-0.3, -0.25) is 5.84 Å². The fourth-order valence-electron chi connectivity index (χ4n) is 0.864. The van der Waals surface area contributed by atoms with Crippen LogP contribution in [-0.4, -0.2) is 5.66 Å². The van der Waals surface area contributed by atoms with Crippen LogP contribution >= 0.6 is 0 Å². The van der Waals surface area contributed by atoms with Crippen molar-refractivity contribution in [2.45, 2.75) is 25.4 Å². The number of rotatable bonds is 3. The Bertz CT molecular complexity index is 123. The molecule has 0 aromatic rings. The molecule has 0 amide bonds. The average molecular weight is 129 g/mol. The van der Waals surface area contributed by atoms with Gasteiger partial charge in [0.05, 0.1) is 0 Å². The first kappa shape index (κ1) is 6.64. The molecule has 1 rings (SSSR count). The molecule has 0 bridgehead atoms. The third-order valence-electron chi connectivity index (χ3n) is 1.85. The van der Waals surface area contributed by atoms with Crippen LogP contribution in [-0.2, 0) is 0 Å². The first-order chi connectivity index (χ1) is 4.23. The zero-order valence-corrected chi connectivity index (χ0v) is 5.42. The van der Waals surface area contributed by atoms with Crippen molar-refractivity contribution in [2.24, 2.45) is 16.9 Å². The summed E-state index contributed by atoms with van der Waals surface area (Å²) in [6.45, 7) is 1.72. The molecule has 0 aliphatic heterocycles. The monoisotopic (exact) mass is 129 g/mol. The van der Waals surface area contributed by atoms with E-state index in [2.05, 4.69) is 10.6 Å². The molecule has 0 aromatic carbocycles. The Morgan fingerprint density at radius 1 is 1.78 bits per heavy atom. The summed E-state index contributed by atoms with van der Waals surface area (Å²) in [5.41, 5.74) is 1.70. The smallest absolute Gasteiger partial charge is 0.164 e. The summed E-state index contributed by atoms with van der Waals surface area (Å²) >= 11 is 0. The van der Waals surface area contributed by atoms with Crippen molar-refractivity contribution in [2.75, 3.05) is 0 Å². The SMILES string of the molecule is CC(N=O)(NN)C1CC1. The number of nitrogens with zero attached hydrogens (tertiary/aromatic N) is 1. The van der Waals surface area contributed by atoms with Crippen LogP contribution in [0.3, 0.4) is 0 Å². The van der Waals surface area contributed by atoms with Crippen molar-refractivity contribution in [1.82, 2.24) is 5.43 Å². The minimum absolute atomic E-state index is 0.361. The van der Waals surface area contributed by atoms with Gasteiger partial charge in [-0.1, -0.05) is 0 Å². The Labute approximate surface area is 53.7 Å².